The number of hydrogen-bond donors (Lipinski definition) is 2. The summed E-state index contributed by atoms with van der Waals surface area (Å²) in [4.78, 5) is 37.4. The highest BCUT2D eigenvalue weighted by Crippen LogP contribution is 2.30. The SMILES string of the molecule is Cc1sc(C(=O)N2CCCC(C(=O)NCCN)C2)cc1[N+](=O)[O-]. The van der Waals surface area contributed by atoms with Gasteiger partial charge in [0.2, 0.25) is 5.91 Å². The summed E-state index contributed by atoms with van der Waals surface area (Å²) in [6, 6.07) is 1.32. The zero-order valence-electron chi connectivity index (χ0n) is 12.9. The van der Waals surface area contributed by atoms with Gasteiger partial charge in [0.05, 0.1) is 20.6 Å². The Morgan fingerprint density at radius 2 is 2.30 bits per heavy atom. The number of nitrogens with zero attached hydrogens (tertiary/aromatic N) is 2. The van der Waals surface area contributed by atoms with Gasteiger partial charge in [-0.05, 0) is 19.8 Å². The second kappa shape index (κ2) is 7.51. The third-order valence-electron chi connectivity index (χ3n) is 3.82. The van der Waals surface area contributed by atoms with E-state index in [2.05, 4.69) is 5.32 Å². The number of amides is 2. The largest absolute Gasteiger partial charge is 0.355 e. The predicted molar refractivity (Wildman–Crippen MR) is 86.4 cm³/mol. The number of thiophene rings is 1. The highest BCUT2D eigenvalue weighted by molar-refractivity contribution is 7.14. The lowest BCUT2D eigenvalue weighted by molar-refractivity contribution is -0.385. The average molecular weight is 340 g/mol. The Labute approximate surface area is 137 Å². The van der Waals surface area contributed by atoms with Gasteiger partial charge in [0.1, 0.15) is 0 Å². The molecule has 0 aliphatic carbocycles. The molecule has 1 atom stereocenters. The molecule has 1 fully saturated rings. The summed E-state index contributed by atoms with van der Waals surface area (Å²) in [6.45, 7) is 3.31. The van der Waals surface area contributed by atoms with E-state index in [0.29, 0.717) is 35.9 Å². The first-order valence-electron chi connectivity index (χ1n) is 7.46. The number of likely N-dealkylation sites (tertiary alicyclic amines) is 1. The van der Waals surface area contributed by atoms with Crippen LogP contribution in [0.1, 0.15) is 27.4 Å². The first-order chi connectivity index (χ1) is 10.9. The van der Waals surface area contributed by atoms with E-state index in [1.807, 2.05) is 0 Å². The molecule has 1 saturated heterocycles. The van der Waals surface area contributed by atoms with Crippen LogP contribution in [-0.4, -0.2) is 47.8 Å². The van der Waals surface area contributed by atoms with Crippen molar-refractivity contribution in [2.75, 3.05) is 26.2 Å². The van der Waals surface area contributed by atoms with E-state index in [4.69, 9.17) is 5.73 Å². The van der Waals surface area contributed by atoms with Crippen molar-refractivity contribution in [2.24, 2.45) is 11.7 Å². The van der Waals surface area contributed by atoms with Crippen LogP contribution < -0.4 is 11.1 Å². The second-order valence-electron chi connectivity index (χ2n) is 5.48. The van der Waals surface area contributed by atoms with Crippen molar-refractivity contribution in [3.8, 4) is 0 Å². The number of rotatable bonds is 5. The maximum Gasteiger partial charge on any atom is 0.283 e. The second-order valence-corrected chi connectivity index (χ2v) is 6.74. The summed E-state index contributed by atoms with van der Waals surface area (Å²) in [5.74, 6) is -0.598. The third-order valence-corrected chi connectivity index (χ3v) is 4.85. The fraction of sp³-hybridized carbons (Fsp3) is 0.571. The van der Waals surface area contributed by atoms with Crippen molar-refractivity contribution in [1.82, 2.24) is 10.2 Å². The zero-order chi connectivity index (χ0) is 17.0. The van der Waals surface area contributed by atoms with Crippen LogP contribution in [0.2, 0.25) is 0 Å². The van der Waals surface area contributed by atoms with E-state index in [0.717, 1.165) is 24.2 Å². The Morgan fingerprint density at radius 3 is 2.91 bits per heavy atom. The molecule has 0 aromatic carbocycles. The minimum absolute atomic E-state index is 0.0346. The van der Waals surface area contributed by atoms with Crippen LogP contribution in [0, 0.1) is 23.0 Å². The Kier molecular flexibility index (Phi) is 5.67. The molecule has 9 heteroatoms. The van der Waals surface area contributed by atoms with Gasteiger partial charge < -0.3 is 16.0 Å². The summed E-state index contributed by atoms with van der Waals surface area (Å²) in [7, 11) is 0. The fourth-order valence-electron chi connectivity index (χ4n) is 2.63. The number of nitrogens with two attached hydrogens (primary N) is 1. The predicted octanol–water partition coefficient (Wildman–Crippen LogP) is 0.892. The number of piperidine rings is 1. The van der Waals surface area contributed by atoms with Crippen LogP contribution in [0.4, 0.5) is 5.69 Å². The van der Waals surface area contributed by atoms with Crippen LogP contribution >= 0.6 is 11.3 Å². The van der Waals surface area contributed by atoms with E-state index in [1.165, 1.54) is 6.07 Å². The summed E-state index contributed by atoms with van der Waals surface area (Å²) in [5.41, 5.74) is 5.33. The molecular formula is C14H20N4O4S. The minimum atomic E-state index is -0.484. The normalized spacial score (nSPS) is 17.8. The van der Waals surface area contributed by atoms with Gasteiger partial charge in [-0.1, -0.05) is 0 Å². The molecule has 2 rings (SSSR count). The monoisotopic (exact) mass is 340 g/mol. The number of aryl methyl sites for hydroxylation is 1. The van der Waals surface area contributed by atoms with Crippen LogP contribution in [0.5, 0.6) is 0 Å². The van der Waals surface area contributed by atoms with Gasteiger partial charge in [-0.2, -0.15) is 0 Å². The van der Waals surface area contributed by atoms with E-state index in [9.17, 15) is 19.7 Å². The number of nitrogens with one attached hydrogen (secondary N) is 1. The minimum Gasteiger partial charge on any atom is -0.355 e. The molecule has 2 amide bonds. The number of hydrogen-bond acceptors (Lipinski definition) is 6. The van der Waals surface area contributed by atoms with Crippen LogP contribution in [0.25, 0.3) is 0 Å². The molecule has 8 nitrogen and oxygen atoms in total. The molecule has 1 aromatic heterocycles. The summed E-state index contributed by atoms with van der Waals surface area (Å²) in [5, 5.41) is 13.6. The molecule has 1 unspecified atom stereocenters. The van der Waals surface area contributed by atoms with Crippen molar-refractivity contribution in [3.63, 3.8) is 0 Å². The molecule has 1 aromatic rings. The Balaban J connectivity index is 2.06. The summed E-state index contributed by atoms with van der Waals surface area (Å²) in [6.07, 6.45) is 1.46. The summed E-state index contributed by atoms with van der Waals surface area (Å²) >= 11 is 1.12. The highest BCUT2D eigenvalue weighted by Gasteiger charge is 2.30. The molecular weight excluding hydrogens is 320 g/mol. The maximum absolute atomic E-state index is 12.5. The first-order valence-corrected chi connectivity index (χ1v) is 8.27. The molecule has 0 saturated carbocycles. The maximum atomic E-state index is 12.5. The standard InChI is InChI=1S/C14H20N4O4S/c1-9-11(18(21)22)7-12(23-9)14(20)17-6-2-3-10(8-17)13(19)16-5-4-15/h7,10H,2-6,8,15H2,1H3,(H,16,19). The van der Waals surface area contributed by atoms with Crippen molar-refractivity contribution >= 4 is 28.8 Å². The van der Waals surface area contributed by atoms with Gasteiger partial charge in [0.15, 0.2) is 0 Å². The lowest BCUT2D eigenvalue weighted by atomic mass is 9.97. The van der Waals surface area contributed by atoms with Crippen LogP contribution in [0.15, 0.2) is 6.07 Å². The molecule has 2 heterocycles. The lowest BCUT2D eigenvalue weighted by Crippen LogP contribution is -2.46. The molecule has 3 N–H and O–H groups in total. The van der Waals surface area contributed by atoms with Gasteiger partial charge in [0.25, 0.3) is 11.6 Å². The third kappa shape index (κ3) is 4.05. The summed E-state index contributed by atoms with van der Waals surface area (Å²) < 4.78 is 0. The van der Waals surface area contributed by atoms with Crippen LogP contribution in [0.3, 0.4) is 0 Å². The quantitative estimate of drug-likeness (QED) is 0.609. The van der Waals surface area contributed by atoms with E-state index >= 15 is 0 Å². The van der Waals surface area contributed by atoms with E-state index in [-0.39, 0.29) is 23.4 Å². The van der Waals surface area contributed by atoms with Crippen molar-refractivity contribution < 1.29 is 14.5 Å². The van der Waals surface area contributed by atoms with Crippen molar-refractivity contribution in [2.45, 2.75) is 19.8 Å². The molecule has 126 valence electrons. The molecule has 23 heavy (non-hydrogen) atoms. The van der Waals surface area contributed by atoms with E-state index in [1.54, 1.807) is 11.8 Å². The molecule has 0 bridgehead atoms. The van der Waals surface area contributed by atoms with Crippen molar-refractivity contribution in [3.05, 3.63) is 25.9 Å². The van der Waals surface area contributed by atoms with Gasteiger partial charge >= 0.3 is 0 Å². The lowest BCUT2D eigenvalue weighted by Gasteiger charge is -2.31. The Morgan fingerprint density at radius 1 is 1.57 bits per heavy atom. The molecule has 1 aliphatic rings. The van der Waals surface area contributed by atoms with E-state index < -0.39 is 4.92 Å². The Bertz CT molecular complexity index is 616. The van der Waals surface area contributed by atoms with Gasteiger partial charge in [0, 0.05) is 32.2 Å². The zero-order valence-corrected chi connectivity index (χ0v) is 13.7. The Hall–Kier alpha value is -2.00. The van der Waals surface area contributed by atoms with Gasteiger partial charge in [-0.15, -0.1) is 11.3 Å². The number of nitro groups is 1. The van der Waals surface area contributed by atoms with Crippen molar-refractivity contribution in [1.29, 1.82) is 0 Å². The van der Waals surface area contributed by atoms with Gasteiger partial charge in [-0.25, -0.2) is 0 Å². The van der Waals surface area contributed by atoms with Gasteiger partial charge in [-0.3, -0.25) is 19.7 Å². The molecule has 0 spiro atoms. The van der Waals surface area contributed by atoms with Crippen LogP contribution in [-0.2, 0) is 4.79 Å². The average Bonchev–Trinajstić information content (AvgIpc) is 2.94. The topological polar surface area (TPSA) is 119 Å². The number of carbonyl (C=O) groups excluding carboxylic acids is 2. The molecule has 1 aliphatic heterocycles. The highest BCUT2D eigenvalue weighted by atomic mass is 32.1. The molecule has 0 radical (unpaired) electrons. The number of carbonyl (C=O) groups is 2. The first kappa shape index (κ1) is 17.4. The smallest absolute Gasteiger partial charge is 0.283 e. The fourth-order valence-corrected chi connectivity index (χ4v) is 3.59.